The molecule has 0 aromatic heterocycles. The van der Waals surface area contributed by atoms with E-state index in [4.69, 9.17) is 5.11 Å². The molecule has 11 heavy (non-hydrogen) atoms. The second kappa shape index (κ2) is 3.42. The molecule has 0 fully saturated rings. The predicted molar refractivity (Wildman–Crippen MR) is 52.0 cm³/mol. The van der Waals surface area contributed by atoms with Gasteiger partial charge in [-0.05, 0) is 13.8 Å². The molecule has 64 valence electrons. The summed E-state index contributed by atoms with van der Waals surface area (Å²) in [6.07, 6.45) is 0. The Balaban J connectivity index is 4.29. The Morgan fingerprint density at radius 3 is 2.00 bits per heavy atom. The Hall–Kier alpha value is -0.263. The van der Waals surface area contributed by atoms with Crippen LogP contribution in [0.3, 0.4) is 0 Å². The molecule has 0 unspecified atom stereocenters. The highest BCUT2D eigenvalue weighted by Crippen LogP contribution is 2.11. The third-order valence-electron chi connectivity index (χ3n) is 1.17. The highest BCUT2D eigenvalue weighted by molar-refractivity contribution is 6.83. The van der Waals surface area contributed by atoms with Crippen molar-refractivity contribution in [3.05, 3.63) is 0 Å². The lowest BCUT2D eigenvalue weighted by Gasteiger charge is -2.14. The van der Waals surface area contributed by atoms with Crippen LogP contribution in [0.25, 0.3) is 0 Å². The molecule has 0 spiro atoms. The maximum atomic E-state index is 8.90. The van der Waals surface area contributed by atoms with E-state index in [-0.39, 0.29) is 12.0 Å². The Kier molecular flexibility index (Phi) is 3.34. The monoisotopic (exact) mass is 170 g/mol. The van der Waals surface area contributed by atoms with E-state index in [1.165, 1.54) is 0 Å². The second-order valence-electron chi connectivity index (χ2n) is 4.54. The molecule has 0 radical (unpaired) electrons. The highest BCUT2D eigenvalue weighted by atomic mass is 28.3. The van der Waals surface area contributed by atoms with Crippen LogP contribution in [-0.4, -0.2) is 19.8 Å². The molecule has 0 aliphatic carbocycles. The van der Waals surface area contributed by atoms with Crippen molar-refractivity contribution in [3.63, 3.8) is 0 Å². The lowest BCUT2D eigenvalue weighted by atomic mass is 9.97. The van der Waals surface area contributed by atoms with Gasteiger partial charge in [-0.1, -0.05) is 19.6 Å². The van der Waals surface area contributed by atoms with Gasteiger partial charge in [0.05, 0.1) is 6.61 Å². The number of aliphatic hydroxyl groups is 1. The number of aliphatic hydroxyl groups excluding tert-OH is 1. The molecule has 2 heteroatoms. The molecule has 0 saturated carbocycles. The van der Waals surface area contributed by atoms with E-state index in [0.717, 1.165) is 0 Å². The van der Waals surface area contributed by atoms with Crippen LogP contribution in [0, 0.1) is 16.9 Å². The van der Waals surface area contributed by atoms with Crippen LogP contribution >= 0.6 is 0 Å². The molecule has 0 aliphatic rings. The van der Waals surface area contributed by atoms with E-state index in [1.807, 2.05) is 13.8 Å². The summed E-state index contributed by atoms with van der Waals surface area (Å²) in [4.78, 5) is 0. The average Bonchev–Trinajstić information content (AvgIpc) is 1.83. The molecule has 1 nitrogen and oxygen atoms in total. The first-order valence-corrected chi connectivity index (χ1v) is 7.42. The summed E-state index contributed by atoms with van der Waals surface area (Å²) in [7, 11) is -1.26. The van der Waals surface area contributed by atoms with Crippen molar-refractivity contribution in [1.82, 2.24) is 0 Å². The van der Waals surface area contributed by atoms with Gasteiger partial charge in [-0.15, -0.1) is 11.5 Å². The quantitative estimate of drug-likeness (QED) is 0.470. The van der Waals surface area contributed by atoms with Gasteiger partial charge in [0.1, 0.15) is 8.07 Å². The summed E-state index contributed by atoms with van der Waals surface area (Å²) in [6, 6.07) is 0. The van der Waals surface area contributed by atoms with E-state index in [9.17, 15) is 0 Å². The molecular formula is C9H18OSi. The summed E-state index contributed by atoms with van der Waals surface area (Å²) < 4.78 is 0. The fourth-order valence-corrected chi connectivity index (χ4v) is 1.11. The van der Waals surface area contributed by atoms with E-state index < -0.39 is 8.07 Å². The van der Waals surface area contributed by atoms with Gasteiger partial charge in [0.25, 0.3) is 0 Å². The molecular weight excluding hydrogens is 152 g/mol. The third kappa shape index (κ3) is 6.15. The number of hydrogen-bond acceptors (Lipinski definition) is 1. The maximum Gasteiger partial charge on any atom is 0.129 e. The first-order valence-electron chi connectivity index (χ1n) is 3.92. The summed E-state index contributed by atoms with van der Waals surface area (Å²) in [5.74, 6) is 3.11. The van der Waals surface area contributed by atoms with Gasteiger partial charge in [0, 0.05) is 5.41 Å². The number of hydrogen-bond donors (Lipinski definition) is 1. The first kappa shape index (κ1) is 10.7. The lowest BCUT2D eigenvalue weighted by molar-refractivity contribution is 0.207. The summed E-state index contributed by atoms with van der Waals surface area (Å²) in [6.45, 7) is 10.7. The topological polar surface area (TPSA) is 20.2 Å². The summed E-state index contributed by atoms with van der Waals surface area (Å²) >= 11 is 0. The highest BCUT2D eigenvalue weighted by Gasteiger charge is 2.14. The van der Waals surface area contributed by atoms with Gasteiger partial charge in [0.2, 0.25) is 0 Å². The molecule has 0 heterocycles. The molecule has 0 aliphatic heterocycles. The van der Waals surface area contributed by atoms with Gasteiger partial charge < -0.3 is 5.11 Å². The van der Waals surface area contributed by atoms with Gasteiger partial charge in [0.15, 0.2) is 0 Å². The Bertz CT molecular complexity index is 178. The van der Waals surface area contributed by atoms with Crippen molar-refractivity contribution in [1.29, 1.82) is 0 Å². The summed E-state index contributed by atoms with van der Waals surface area (Å²) in [5, 5.41) is 8.90. The third-order valence-corrected chi connectivity index (χ3v) is 2.05. The smallest absolute Gasteiger partial charge is 0.129 e. The molecule has 0 aromatic rings. The lowest BCUT2D eigenvalue weighted by Crippen LogP contribution is -2.20. The van der Waals surface area contributed by atoms with Gasteiger partial charge in [-0.3, -0.25) is 0 Å². The van der Waals surface area contributed by atoms with Crippen LogP contribution in [-0.2, 0) is 0 Å². The molecule has 0 saturated heterocycles. The van der Waals surface area contributed by atoms with Crippen LogP contribution in [0.5, 0.6) is 0 Å². The van der Waals surface area contributed by atoms with Gasteiger partial charge in [-0.2, -0.15) is 0 Å². The summed E-state index contributed by atoms with van der Waals surface area (Å²) in [5.41, 5.74) is 3.02. The van der Waals surface area contributed by atoms with Gasteiger partial charge in [-0.25, -0.2) is 0 Å². The van der Waals surface area contributed by atoms with E-state index in [1.54, 1.807) is 0 Å². The minimum Gasteiger partial charge on any atom is -0.395 e. The van der Waals surface area contributed by atoms with E-state index in [2.05, 4.69) is 31.1 Å². The van der Waals surface area contributed by atoms with Crippen LogP contribution in [0.15, 0.2) is 0 Å². The van der Waals surface area contributed by atoms with Crippen molar-refractivity contribution in [2.24, 2.45) is 5.41 Å². The van der Waals surface area contributed by atoms with Crippen molar-refractivity contribution in [2.45, 2.75) is 33.5 Å². The van der Waals surface area contributed by atoms with Crippen LogP contribution < -0.4 is 0 Å². The Labute approximate surface area is 70.8 Å². The minimum absolute atomic E-state index is 0.143. The van der Waals surface area contributed by atoms with Crippen LogP contribution in [0.2, 0.25) is 19.6 Å². The van der Waals surface area contributed by atoms with Crippen molar-refractivity contribution < 1.29 is 5.11 Å². The van der Waals surface area contributed by atoms with Crippen molar-refractivity contribution >= 4 is 8.07 Å². The molecule has 0 aromatic carbocycles. The maximum absolute atomic E-state index is 8.90. The van der Waals surface area contributed by atoms with Crippen molar-refractivity contribution in [3.8, 4) is 11.5 Å². The average molecular weight is 170 g/mol. The Morgan fingerprint density at radius 1 is 1.27 bits per heavy atom. The zero-order chi connectivity index (χ0) is 9.12. The van der Waals surface area contributed by atoms with Crippen molar-refractivity contribution in [2.75, 3.05) is 6.61 Å². The van der Waals surface area contributed by atoms with Crippen LogP contribution in [0.4, 0.5) is 0 Å². The second-order valence-corrected chi connectivity index (χ2v) is 9.29. The molecule has 0 rings (SSSR count). The largest absolute Gasteiger partial charge is 0.395 e. The predicted octanol–water partition coefficient (Wildman–Crippen LogP) is 1.89. The minimum atomic E-state index is -1.26. The van der Waals surface area contributed by atoms with Gasteiger partial charge >= 0.3 is 0 Å². The molecule has 0 atom stereocenters. The number of rotatable bonds is 1. The zero-order valence-corrected chi connectivity index (χ0v) is 9.15. The van der Waals surface area contributed by atoms with E-state index >= 15 is 0 Å². The fourth-order valence-electron chi connectivity index (χ4n) is 0.396. The zero-order valence-electron chi connectivity index (χ0n) is 8.15. The van der Waals surface area contributed by atoms with E-state index in [0.29, 0.717) is 0 Å². The van der Waals surface area contributed by atoms with Crippen LogP contribution in [0.1, 0.15) is 13.8 Å². The first-order chi connectivity index (χ1) is 4.77. The standard InChI is InChI=1S/C9H18OSi/c1-9(2,8-10)6-7-11(3,4)5/h10H,8H2,1-5H3. The fraction of sp³-hybridized carbons (Fsp3) is 0.778. The SMILES string of the molecule is CC(C)(C#C[Si](C)(C)C)CO. The Morgan fingerprint density at radius 2 is 1.73 bits per heavy atom. The normalized spacial score (nSPS) is 12.2. The molecule has 0 amide bonds. The molecule has 1 N–H and O–H groups in total. The molecule has 0 bridgehead atoms.